The first-order valence-corrected chi connectivity index (χ1v) is 8.51. The van der Waals surface area contributed by atoms with Gasteiger partial charge in [0.05, 0.1) is 10.6 Å². The van der Waals surface area contributed by atoms with Crippen molar-refractivity contribution in [3.05, 3.63) is 45.3 Å². The first kappa shape index (κ1) is 15.8. The zero-order valence-corrected chi connectivity index (χ0v) is 13.6. The fourth-order valence-electron chi connectivity index (χ4n) is 1.63. The van der Waals surface area contributed by atoms with Crippen LogP contribution in [0.25, 0.3) is 0 Å². The first-order chi connectivity index (χ1) is 9.70. The van der Waals surface area contributed by atoms with E-state index >= 15 is 0 Å². The Kier molecular flexibility index (Phi) is 4.27. The lowest BCUT2D eigenvalue weighted by molar-refractivity contribution is 0.0697. The molecular weight excluding hydrogens is 334 g/mol. The van der Waals surface area contributed by atoms with Gasteiger partial charge in [-0.1, -0.05) is 11.6 Å². The molecule has 0 amide bonds. The molecule has 0 unspecified atom stereocenters. The highest BCUT2D eigenvalue weighted by molar-refractivity contribution is 7.94. The Morgan fingerprint density at radius 1 is 1.29 bits per heavy atom. The number of carboxylic acid groups (broad SMARTS) is 1. The molecule has 0 saturated carbocycles. The summed E-state index contributed by atoms with van der Waals surface area (Å²) in [5, 5.41) is 9.03. The van der Waals surface area contributed by atoms with Gasteiger partial charge >= 0.3 is 5.97 Å². The number of aromatic carboxylic acids is 1. The van der Waals surface area contributed by atoms with Crippen LogP contribution < -0.4 is 4.72 Å². The average Bonchev–Trinajstić information content (AvgIpc) is 2.72. The highest BCUT2D eigenvalue weighted by atomic mass is 35.5. The highest BCUT2D eigenvalue weighted by Crippen LogP contribution is 2.28. The van der Waals surface area contributed by atoms with Gasteiger partial charge in [-0.05, 0) is 43.7 Å². The van der Waals surface area contributed by atoms with Crippen LogP contribution in [0.4, 0.5) is 5.69 Å². The molecule has 2 N–H and O–H groups in total. The number of sulfonamides is 1. The summed E-state index contributed by atoms with van der Waals surface area (Å²) < 4.78 is 27.0. The Bertz CT molecular complexity index is 792. The van der Waals surface area contributed by atoms with E-state index in [1.807, 2.05) is 13.8 Å². The normalized spacial score (nSPS) is 11.4. The molecule has 0 spiro atoms. The van der Waals surface area contributed by atoms with Crippen LogP contribution in [0, 0.1) is 13.8 Å². The molecule has 2 rings (SSSR count). The second-order valence-electron chi connectivity index (χ2n) is 4.41. The SMILES string of the molecule is Cc1cc(S(=O)(=O)Nc2ccc(Cl)c(C(=O)O)c2)sc1C. The summed E-state index contributed by atoms with van der Waals surface area (Å²) in [6.07, 6.45) is 0. The predicted molar refractivity (Wildman–Crippen MR) is 83.0 cm³/mol. The molecule has 1 aromatic carbocycles. The minimum absolute atomic E-state index is 0.0493. The minimum atomic E-state index is -3.74. The van der Waals surface area contributed by atoms with Crippen molar-refractivity contribution in [2.75, 3.05) is 4.72 Å². The molecule has 1 heterocycles. The molecule has 0 saturated heterocycles. The van der Waals surface area contributed by atoms with Gasteiger partial charge in [0.15, 0.2) is 0 Å². The monoisotopic (exact) mass is 345 g/mol. The van der Waals surface area contributed by atoms with E-state index in [0.717, 1.165) is 21.8 Å². The topological polar surface area (TPSA) is 83.5 Å². The number of aryl methyl sites for hydroxylation is 2. The van der Waals surface area contributed by atoms with Gasteiger partial charge in [-0.2, -0.15) is 0 Å². The summed E-state index contributed by atoms with van der Waals surface area (Å²) in [6, 6.07) is 5.53. The van der Waals surface area contributed by atoms with Crippen molar-refractivity contribution in [1.82, 2.24) is 0 Å². The van der Waals surface area contributed by atoms with Gasteiger partial charge in [-0.15, -0.1) is 11.3 Å². The number of thiophene rings is 1. The van der Waals surface area contributed by atoms with Crippen molar-refractivity contribution in [3.63, 3.8) is 0 Å². The zero-order chi connectivity index (χ0) is 15.8. The predicted octanol–water partition coefficient (Wildman–Crippen LogP) is 3.52. The Labute approximate surface area is 131 Å². The summed E-state index contributed by atoms with van der Waals surface area (Å²) in [5.41, 5.74) is 0.888. The fourth-order valence-corrected chi connectivity index (χ4v) is 4.39. The molecule has 1 aromatic heterocycles. The summed E-state index contributed by atoms with van der Waals surface area (Å²) in [7, 11) is -3.74. The Morgan fingerprint density at radius 2 is 1.95 bits per heavy atom. The number of carboxylic acids is 1. The van der Waals surface area contributed by atoms with Gasteiger partial charge in [-0.25, -0.2) is 13.2 Å². The molecule has 8 heteroatoms. The van der Waals surface area contributed by atoms with E-state index in [4.69, 9.17) is 16.7 Å². The number of anilines is 1. The average molecular weight is 346 g/mol. The molecule has 0 bridgehead atoms. The van der Waals surface area contributed by atoms with Crippen molar-refractivity contribution in [2.45, 2.75) is 18.1 Å². The third-order valence-electron chi connectivity index (χ3n) is 2.86. The van der Waals surface area contributed by atoms with Gasteiger partial charge in [-0.3, -0.25) is 4.72 Å². The molecule has 0 atom stereocenters. The van der Waals surface area contributed by atoms with Gasteiger partial charge in [0, 0.05) is 10.6 Å². The molecule has 112 valence electrons. The smallest absolute Gasteiger partial charge is 0.337 e. The van der Waals surface area contributed by atoms with Crippen molar-refractivity contribution >= 4 is 44.6 Å². The van der Waals surface area contributed by atoms with Crippen LogP contribution in [-0.4, -0.2) is 19.5 Å². The lowest BCUT2D eigenvalue weighted by atomic mass is 10.2. The summed E-state index contributed by atoms with van der Waals surface area (Å²) in [6.45, 7) is 3.67. The Morgan fingerprint density at radius 3 is 2.48 bits per heavy atom. The van der Waals surface area contributed by atoms with Crippen molar-refractivity contribution in [3.8, 4) is 0 Å². The second kappa shape index (κ2) is 5.67. The van der Waals surface area contributed by atoms with E-state index < -0.39 is 16.0 Å². The Balaban J connectivity index is 2.37. The molecule has 2 aromatic rings. The van der Waals surface area contributed by atoms with Crippen LogP contribution in [0.5, 0.6) is 0 Å². The third kappa shape index (κ3) is 3.37. The molecule has 5 nitrogen and oxygen atoms in total. The Hall–Kier alpha value is -1.57. The third-order valence-corrected chi connectivity index (χ3v) is 6.19. The molecule has 0 fully saturated rings. The van der Waals surface area contributed by atoms with Crippen molar-refractivity contribution < 1.29 is 18.3 Å². The van der Waals surface area contributed by atoms with Crippen LogP contribution in [0.3, 0.4) is 0 Å². The number of carbonyl (C=O) groups is 1. The van der Waals surface area contributed by atoms with Gasteiger partial charge in [0.2, 0.25) is 0 Å². The number of nitrogens with one attached hydrogen (secondary N) is 1. The van der Waals surface area contributed by atoms with E-state index in [1.54, 1.807) is 6.07 Å². The standard InChI is InChI=1S/C13H12ClNO4S2/c1-7-5-12(20-8(7)2)21(18,19)15-9-3-4-11(14)10(6-9)13(16)17/h3-6,15H,1-2H3,(H,16,17). The highest BCUT2D eigenvalue weighted by Gasteiger charge is 2.19. The maximum atomic E-state index is 12.3. The van der Waals surface area contributed by atoms with Crippen LogP contribution in [0.15, 0.2) is 28.5 Å². The number of hydrogen-bond acceptors (Lipinski definition) is 4. The number of rotatable bonds is 4. The molecule has 0 aliphatic heterocycles. The fraction of sp³-hybridized carbons (Fsp3) is 0.154. The number of halogens is 1. The van der Waals surface area contributed by atoms with E-state index in [1.165, 1.54) is 18.2 Å². The van der Waals surface area contributed by atoms with Gasteiger partial charge < -0.3 is 5.11 Å². The largest absolute Gasteiger partial charge is 0.478 e. The summed E-state index contributed by atoms with van der Waals surface area (Å²) in [5.74, 6) is -1.22. The molecule has 0 aliphatic carbocycles. The van der Waals surface area contributed by atoms with E-state index in [9.17, 15) is 13.2 Å². The van der Waals surface area contributed by atoms with Gasteiger partial charge in [0.25, 0.3) is 10.0 Å². The van der Waals surface area contributed by atoms with Crippen LogP contribution in [-0.2, 0) is 10.0 Å². The van der Waals surface area contributed by atoms with Crippen molar-refractivity contribution in [1.29, 1.82) is 0 Å². The van der Waals surface area contributed by atoms with E-state index in [2.05, 4.69) is 4.72 Å². The van der Waals surface area contributed by atoms with E-state index in [0.29, 0.717) is 0 Å². The van der Waals surface area contributed by atoms with Crippen LogP contribution >= 0.6 is 22.9 Å². The van der Waals surface area contributed by atoms with Crippen LogP contribution in [0.2, 0.25) is 5.02 Å². The van der Waals surface area contributed by atoms with Crippen molar-refractivity contribution in [2.24, 2.45) is 0 Å². The maximum absolute atomic E-state index is 12.3. The number of hydrogen-bond donors (Lipinski definition) is 2. The minimum Gasteiger partial charge on any atom is -0.478 e. The van der Waals surface area contributed by atoms with Gasteiger partial charge in [0.1, 0.15) is 4.21 Å². The lowest BCUT2D eigenvalue weighted by Crippen LogP contribution is -2.12. The lowest BCUT2D eigenvalue weighted by Gasteiger charge is -2.08. The van der Waals surface area contributed by atoms with Crippen LogP contribution in [0.1, 0.15) is 20.8 Å². The van der Waals surface area contributed by atoms with E-state index in [-0.39, 0.29) is 20.5 Å². The zero-order valence-electron chi connectivity index (χ0n) is 11.2. The second-order valence-corrected chi connectivity index (χ2v) is 7.98. The molecule has 21 heavy (non-hydrogen) atoms. The molecule has 0 radical (unpaired) electrons. The summed E-state index contributed by atoms with van der Waals surface area (Å²) in [4.78, 5) is 11.9. The number of benzene rings is 1. The maximum Gasteiger partial charge on any atom is 0.337 e. The quantitative estimate of drug-likeness (QED) is 0.888. The molecule has 0 aliphatic rings. The first-order valence-electron chi connectivity index (χ1n) is 5.83. The molecular formula is C13H12ClNO4S2. The summed E-state index contributed by atoms with van der Waals surface area (Å²) >= 11 is 6.91.